The summed E-state index contributed by atoms with van der Waals surface area (Å²) in [5.74, 6) is -7.07. The summed E-state index contributed by atoms with van der Waals surface area (Å²) in [4.78, 5) is 110. The molecule has 10 N–H and O–H groups in total. The number of likely N-dealkylation sites (N-methyl/N-ethyl adjacent to an activating group) is 2. The predicted octanol–water partition coefficient (Wildman–Crippen LogP) is 0.497. The minimum Gasteiger partial charge on any atom is -0.508 e. The quantitative estimate of drug-likeness (QED) is 0.0326. The number of nitrogens with one attached hydrogen (secondary N) is 5. The molecular weight excluding hydrogens is 935 g/mol. The second kappa shape index (κ2) is 31.5. The average molecular weight is 1020 g/mol. The van der Waals surface area contributed by atoms with E-state index in [-0.39, 0.29) is 24.5 Å². The van der Waals surface area contributed by atoms with Gasteiger partial charge in [0.05, 0.1) is 56.4 Å². The van der Waals surface area contributed by atoms with Crippen molar-refractivity contribution >= 4 is 47.3 Å². The van der Waals surface area contributed by atoms with E-state index in [2.05, 4.69) is 33.5 Å². The fourth-order valence-electron chi connectivity index (χ4n) is 7.89. The largest absolute Gasteiger partial charge is 0.508 e. The Balaban J connectivity index is 2.14. The molecule has 1 aromatic rings. The van der Waals surface area contributed by atoms with Crippen molar-refractivity contribution in [3.05, 3.63) is 54.1 Å². The molecule has 0 aliphatic carbocycles. The number of benzene rings is 1. The molecule has 1 heterocycles. The number of aliphatic hydroxyl groups is 4. The Morgan fingerprint density at radius 3 is 1.82 bits per heavy atom. The van der Waals surface area contributed by atoms with Crippen LogP contribution in [0.3, 0.4) is 0 Å². The Kier molecular flexibility index (Phi) is 27.2. The summed E-state index contributed by atoms with van der Waals surface area (Å²) in [5, 5.41) is 64.3. The molecule has 0 radical (unpaired) electrons. The van der Waals surface area contributed by atoms with E-state index in [0.29, 0.717) is 5.56 Å². The number of carbonyl (C=O) groups is 8. The van der Waals surface area contributed by atoms with Crippen LogP contribution in [0.4, 0.5) is 0 Å². The predicted molar refractivity (Wildman–Crippen MR) is 267 cm³/mol. The number of cyclic esters (lactones) is 1. The molecular formula is C51H81N7O14. The van der Waals surface area contributed by atoms with Crippen LogP contribution in [0.1, 0.15) is 105 Å². The summed E-state index contributed by atoms with van der Waals surface area (Å²) >= 11 is 0. The second-order valence-electron chi connectivity index (χ2n) is 19.4. The minimum atomic E-state index is -1.70. The highest BCUT2D eigenvalue weighted by Gasteiger charge is 2.38. The van der Waals surface area contributed by atoms with Gasteiger partial charge >= 0.3 is 5.97 Å². The molecule has 0 saturated heterocycles. The van der Waals surface area contributed by atoms with Crippen molar-refractivity contribution in [2.75, 3.05) is 33.9 Å². The van der Waals surface area contributed by atoms with Crippen LogP contribution in [-0.2, 0) is 49.5 Å². The maximum absolute atomic E-state index is 13.9. The summed E-state index contributed by atoms with van der Waals surface area (Å²) < 4.78 is 5.67. The molecule has 1 aliphatic heterocycles. The van der Waals surface area contributed by atoms with Crippen LogP contribution in [0, 0.1) is 17.8 Å². The molecule has 0 spiro atoms. The van der Waals surface area contributed by atoms with Crippen LogP contribution in [0.25, 0.3) is 0 Å². The molecule has 1 aliphatic rings. The van der Waals surface area contributed by atoms with Gasteiger partial charge in [-0.15, -0.1) is 0 Å². The Morgan fingerprint density at radius 1 is 0.736 bits per heavy atom. The summed E-state index contributed by atoms with van der Waals surface area (Å²) in [6, 6.07) is -2.29. The van der Waals surface area contributed by atoms with E-state index >= 15 is 0 Å². The lowest BCUT2D eigenvalue weighted by Gasteiger charge is -2.36. The van der Waals surface area contributed by atoms with Crippen molar-refractivity contribution in [1.82, 2.24) is 36.4 Å². The van der Waals surface area contributed by atoms with Crippen LogP contribution in [0.2, 0.25) is 0 Å². The van der Waals surface area contributed by atoms with Gasteiger partial charge in [-0.3, -0.25) is 33.6 Å². The third-order valence-corrected chi connectivity index (χ3v) is 12.3. The van der Waals surface area contributed by atoms with Gasteiger partial charge in [-0.05, 0) is 48.3 Å². The first-order chi connectivity index (χ1) is 33.9. The number of hydrogen-bond acceptors (Lipinski definition) is 14. The van der Waals surface area contributed by atoms with Crippen molar-refractivity contribution in [1.29, 1.82) is 0 Å². The number of phenolic OH excluding ortho intramolecular Hbond substituents is 1. The third-order valence-electron chi connectivity index (χ3n) is 12.3. The maximum atomic E-state index is 13.9. The highest BCUT2D eigenvalue weighted by atomic mass is 16.5. The second-order valence-corrected chi connectivity index (χ2v) is 19.4. The molecule has 21 heteroatoms. The third kappa shape index (κ3) is 20.7. The molecule has 0 aromatic heterocycles. The van der Waals surface area contributed by atoms with Gasteiger partial charge in [-0.2, -0.15) is 0 Å². The van der Waals surface area contributed by atoms with E-state index in [0.717, 1.165) is 38.2 Å². The smallest absolute Gasteiger partial charge is 0.329 e. The number of ether oxygens (including phenoxy) is 1. The molecule has 2 rings (SSSR count). The zero-order chi connectivity index (χ0) is 54.2. The summed E-state index contributed by atoms with van der Waals surface area (Å²) in [5.41, 5.74) is 0.603. The van der Waals surface area contributed by atoms with E-state index in [1.165, 1.54) is 42.1 Å². The maximum Gasteiger partial charge on any atom is 0.329 e. The molecule has 21 nitrogen and oxygen atoms in total. The SMILES string of the molecule is CCCCCC/C=C\CC(=O)N[C@@H](CO)[C@@H](O)CC(=O)N[C@H](C(=O)N[C@@H](CO)[C@@H](O)CC(=O)N[C@H](C(=O)N[C@@H]1C=CC(=O)N(C)[C@@H](C(C)C)C(=O)N(C)[C@@H](Cc2ccc(O)cc2)C(=O)OC1)C(C)C)C(C)C. The highest BCUT2D eigenvalue weighted by molar-refractivity contribution is 5.95. The van der Waals surface area contributed by atoms with Crippen LogP contribution in [0.5, 0.6) is 5.75 Å². The Bertz CT molecular complexity index is 1990. The number of amides is 7. The fourth-order valence-corrected chi connectivity index (χ4v) is 7.89. The Morgan fingerprint density at radius 2 is 1.29 bits per heavy atom. The zero-order valence-corrected chi connectivity index (χ0v) is 43.3. The molecule has 72 heavy (non-hydrogen) atoms. The standard InChI is InChI=1S/C51H81N7O14/c1-10-11-12-13-14-15-16-17-41(64)53-36(27-59)39(62)25-42(65)56-46(31(4)5)49(69)54-37(28-60)40(63)26-43(66)55-45(30(2)3)48(68)52-34-20-23-44(67)58(9)47(32(6)7)50(70)57(8)38(51(71)72-29-34)24-33-18-21-35(61)22-19-33/h15-16,18-23,30-32,34,36-40,45-47,59-63H,10-14,17,24-29H2,1-9H3,(H,52,68)(H,53,64)(H,54,69)(H,55,66)(H,56,65)/b16-15-,23-20?/t34-,36+,37+,38+,39+,40+,45+,46+,47+/m1/s1. The van der Waals surface area contributed by atoms with Gasteiger partial charge in [-0.1, -0.05) is 98.1 Å². The lowest BCUT2D eigenvalue weighted by molar-refractivity contribution is -0.157. The lowest BCUT2D eigenvalue weighted by Crippen LogP contribution is -2.57. The van der Waals surface area contributed by atoms with Gasteiger partial charge < -0.3 is 66.7 Å². The molecule has 0 fully saturated rings. The number of esters is 1. The van der Waals surface area contributed by atoms with E-state index < -0.39 is 146 Å². The molecule has 0 bridgehead atoms. The van der Waals surface area contributed by atoms with Crippen LogP contribution in [-0.4, -0.2) is 171 Å². The van der Waals surface area contributed by atoms with Crippen molar-refractivity contribution in [3.63, 3.8) is 0 Å². The van der Waals surface area contributed by atoms with Gasteiger partial charge in [-0.25, -0.2) is 4.79 Å². The number of rotatable bonds is 27. The fraction of sp³-hybridized carbons (Fsp3) is 0.647. The number of phenols is 1. The van der Waals surface area contributed by atoms with Gasteiger partial charge in [0, 0.05) is 33.0 Å². The number of aromatic hydroxyl groups is 1. The van der Waals surface area contributed by atoms with Crippen LogP contribution < -0.4 is 26.6 Å². The first-order valence-corrected chi connectivity index (χ1v) is 24.8. The number of unbranched alkanes of at least 4 members (excludes halogenated alkanes) is 4. The van der Waals surface area contributed by atoms with E-state index in [9.17, 15) is 63.9 Å². The van der Waals surface area contributed by atoms with Gasteiger partial charge in [0.25, 0.3) is 0 Å². The molecule has 0 unspecified atom stereocenters. The lowest BCUT2D eigenvalue weighted by atomic mass is 9.98. The zero-order valence-electron chi connectivity index (χ0n) is 43.3. The van der Waals surface area contributed by atoms with Gasteiger partial charge in [0.2, 0.25) is 41.4 Å². The number of carbonyl (C=O) groups excluding carboxylic acids is 8. The molecule has 404 valence electrons. The average Bonchev–Trinajstić information content (AvgIpc) is 3.32. The number of allylic oxidation sites excluding steroid dienone is 1. The van der Waals surface area contributed by atoms with E-state index in [1.807, 2.05) is 6.08 Å². The number of hydrogen-bond donors (Lipinski definition) is 10. The van der Waals surface area contributed by atoms with E-state index in [1.54, 1.807) is 59.8 Å². The minimum absolute atomic E-state index is 0.000972. The van der Waals surface area contributed by atoms with Crippen LogP contribution in [0.15, 0.2) is 48.6 Å². The Labute approximate surface area is 423 Å². The number of nitrogens with zero attached hydrogens (tertiary/aromatic N) is 2. The van der Waals surface area contributed by atoms with E-state index in [4.69, 9.17) is 4.74 Å². The summed E-state index contributed by atoms with van der Waals surface area (Å²) in [6.45, 7) is 10.1. The highest BCUT2D eigenvalue weighted by Crippen LogP contribution is 2.20. The van der Waals surface area contributed by atoms with Crippen molar-refractivity contribution in [3.8, 4) is 5.75 Å². The van der Waals surface area contributed by atoms with Crippen molar-refractivity contribution in [2.24, 2.45) is 17.8 Å². The first kappa shape index (κ1) is 62.2. The molecule has 9 atom stereocenters. The first-order valence-electron chi connectivity index (χ1n) is 24.8. The molecule has 0 saturated carbocycles. The van der Waals surface area contributed by atoms with Gasteiger partial charge in [0.1, 0.15) is 36.5 Å². The molecule has 1 aromatic carbocycles. The topological polar surface area (TPSA) is 314 Å². The monoisotopic (exact) mass is 1020 g/mol. The van der Waals surface area contributed by atoms with Crippen molar-refractivity contribution in [2.45, 2.75) is 161 Å². The summed E-state index contributed by atoms with van der Waals surface area (Å²) in [7, 11) is 2.88. The van der Waals surface area contributed by atoms with Gasteiger partial charge in [0.15, 0.2) is 0 Å². The summed E-state index contributed by atoms with van der Waals surface area (Å²) in [6.07, 6.45) is 6.70. The Hall–Kier alpha value is -5.90. The molecule has 7 amide bonds. The number of aliphatic hydroxyl groups excluding tert-OH is 4. The van der Waals surface area contributed by atoms with Crippen molar-refractivity contribution < 1.29 is 68.6 Å². The normalized spacial score (nSPS) is 19.4. The van der Waals surface area contributed by atoms with Crippen LogP contribution >= 0.6 is 0 Å².